The van der Waals surface area contributed by atoms with Crippen molar-refractivity contribution in [3.8, 4) is 0 Å². The van der Waals surface area contributed by atoms with Gasteiger partial charge in [0.1, 0.15) is 0 Å². The minimum Gasteiger partial charge on any atom is -0.478 e. The van der Waals surface area contributed by atoms with Gasteiger partial charge >= 0.3 is 5.97 Å². The van der Waals surface area contributed by atoms with E-state index >= 15 is 0 Å². The highest BCUT2D eigenvalue weighted by Gasteiger charge is 2.23. The predicted octanol–water partition coefficient (Wildman–Crippen LogP) is 2.66. The second kappa shape index (κ2) is 5.47. The van der Waals surface area contributed by atoms with E-state index in [2.05, 4.69) is 23.5 Å². The highest BCUT2D eigenvalue weighted by molar-refractivity contribution is 5.90. The predicted molar refractivity (Wildman–Crippen MR) is 78.3 cm³/mol. The summed E-state index contributed by atoms with van der Waals surface area (Å²) >= 11 is 0. The summed E-state index contributed by atoms with van der Waals surface area (Å²) in [6.07, 6.45) is 0.765. The van der Waals surface area contributed by atoms with Crippen LogP contribution in [0.3, 0.4) is 0 Å². The van der Waals surface area contributed by atoms with Crippen LogP contribution < -0.4 is 5.32 Å². The van der Waals surface area contributed by atoms with Gasteiger partial charge in [-0.25, -0.2) is 4.79 Å². The number of benzene rings is 2. The maximum Gasteiger partial charge on any atom is 0.335 e. The fraction of sp³-hybridized carbons (Fsp3) is 0.235. The lowest BCUT2D eigenvalue weighted by Crippen LogP contribution is -2.20. The highest BCUT2D eigenvalue weighted by Crippen LogP contribution is 2.30. The van der Waals surface area contributed by atoms with Gasteiger partial charge in [-0.2, -0.15) is 0 Å². The average Bonchev–Trinajstić information content (AvgIpc) is 2.70. The Kier molecular flexibility index (Phi) is 3.52. The van der Waals surface area contributed by atoms with Crippen LogP contribution >= 0.6 is 0 Å². The molecule has 0 radical (unpaired) electrons. The summed E-state index contributed by atoms with van der Waals surface area (Å²) in [7, 11) is 0. The first-order valence-electron chi connectivity index (χ1n) is 6.88. The second-order valence-electron chi connectivity index (χ2n) is 5.10. The number of aromatic carboxylic acids is 1. The van der Waals surface area contributed by atoms with Crippen LogP contribution in [-0.4, -0.2) is 24.2 Å². The van der Waals surface area contributed by atoms with Crippen molar-refractivity contribution in [1.82, 2.24) is 5.32 Å². The number of carbonyl (C=O) groups is 1. The van der Waals surface area contributed by atoms with E-state index in [0.717, 1.165) is 30.6 Å². The van der Waals surface area contributed by atoms with E-state index < -0.39 is 5.97 Å². The van der Waals surface area contributed by atoms with Crippen molar-refractivity contribution < 1.29 is 9.90 Å². The largest absolute Gasteiger partial charge is 0.478 e. The highest BCUT2D eigenvalue weighted by atomic mass is 16.4. The fourth-order valence-corrected chi connectivity index (χ4v) is 2.96. The quantitative estimate of drug-likeness (QED) is 0.879. The Hall–Kier alpha value is -2.13. The molecule has 0 amide bonds. The van der Waals surface area contributed by atoms with E-state index in [9.17, 15) is 9.90 Å². The topological polar surface area (TPSA) is 49.3 Å². The molecule has 1 atom stereocenters. The van der Waals surface area contributed by atoms with Crippen molar-refractivity contribution in [2.24, 2.45) is 0 Å². The van der Waals surface area contributed by atoms with Crippen LogP contribution in [0.1, 0.15) is 33.0 Å². The molecule has 0 aromatic heterocycles. The van der Waals surface area contributed by atoms with E-state index in [1.165, 1.54) is 5.56 Å². The van der Waals surface area contributed by atoms with Gasteiger partial charge in [0.15, 0.2) is 0 Å². The van der Waals surface area contributed by atoms with Gasteiger partial charge in [-0.15, -0.1) is 0 Å². The van der Waals surface area contributed by atoms with Crippen LogP contribution in [-0.2, 0) is 6.42 Å². The van der Waals surface area contributed by atoms with E-state index in [0.29, 0.717) is 5.56 Å². The van der Waals surface area contributed by atoms with Gasteiger partial charge in [0.25, 0.3) is 0 Å². The van der Waals surface area contributed by atoms with Gasteiger partial charge in [0, 0.05) is 12.5 Å². The zero-order chi connectivity index (χ0) is 13.9. The van der Waals surface area contributed by atoms with Gasteiger partial charge < -0.3 is 10.4 Å². The zero-order valence-corrected chi connectivity index (χ0v) is 11.2. The first-order valence-corrected chi connectivity index (χ1v) is 6.88. The summed E-state index contributed by atoms with van der Waals surface area (Å²) in [5.41, 5.74) is 3.78. The number of hydrogen-bond acceptors (Lipinski definition) is 2. The van der Waals surface area contributed by atoms with Crippen molar-refractivity contribution in [1.29, 1.82) is 0 Å². The third kappa shape index (κ3) is 2.32. The molecular formula is C17H17NO2. The molecule has 1 aliphatic heterocycles. The summed E-state index contributed by atoms with van der Waals surface area (Å²) in [5, 5.41) is 12.8. The lowest BCUT2D eigenvalue weighted by atomic mass is 9.86. The SMILES string of the molecule is O=C(O)c1cccc2c1CCNCC2c1ccccc1. The molecule has 0 spiro atoms. The first kappa shape index (κ1) is 12.9. The Balaban J connectivity index is 2.13. The minimum absolute atomic E-state index is 0.216. The van der Waals surface area contributed by atoms with E-state index in [4.69, 9.17) is 0 Å². The van der Waals surface area contributed by atoms with Gasteiger partial charge in [0.2, 0.25) is 0 Å². The maximum absolute atomic E-state index is 11.4. The Morgan fingerprint density at radius 3 is 2.65 bits per heavy atom. The van der Waals surface area contributed by atoms with Crippen LogP contribution in [0, 0.1) is 0 Å². The van der Waals surface area contributed by atoms with Crippen molar-refractivity contribution in [2.75, 3.05) is 13.1 Å². The lowest BCUT2D eigenvalue weighted by molar-refractivity contribution is 0.0695. The number of fused-ring (bicyclic) bond motifs is 1. The molecule has 2 aromatic carbocycles. The van der Waals surface area contributed by atoms with Gasteiger partial charge in [-0.3, -0.25) is 0 Å². The molecule has 0 saturated heterocycles. The Labute approximate surface area is 118 Å². The number of nitrogens with one attached hydrogen (secondary N) is 1. The molecule has 0 bridgehead atoms. The normalized spacial score (nSPS) is 18.1. The van der Waals surface area contributed by atoms with Gasteiger partial charge in [-0.05, 0) is 35.7 Å². The standard InChI is InChI=1S/C17H17NO2/c19-17(20)15-8-4-7-13-14(15)9-10-18-11-16(13)12-5-2-1-3-6-12/h1-8,16,18H,9-11H2,(H,19,20). The van der Waals surface area contributed by atoms with E-state index in [1.54, 1.807) is 6.07 Å². The molecule has 20 heavy (non-hydrogen) atoms. The van der Waals surface area contributed by atoms with Crippen molar-refractivity contribution in [2.45, 2.75) is 12.3 Å². The molecule has 3 heteroatoms. The lowest BCUT2D eigenvalue weighted by Gasteiger charge is -2.19. The molecule has 2 aromatic rings. The smallest absolute Gasteiger partial charge is 0.335 e. The fourth-order valence-electron chi connectivity index (χ4n) is 2.96. The molecule has 0 saturated carbocycles. The monoisotopic (exact) mass is 267 g/mol. The summed E-state index contributed by atoms with van der Waals surface area (Å²) in [5.74, 6) is -0.622. The Morgan fingerprint density at radius 2 is 1.90 bits per heavy atom. The molecule has 2 N–H and O–H groups in total. The van der Waals surface area contributed by atoms with Crippen molar-refractivity contribution in [3.05, 3.63) is 70.8 Å². The number of carboxylic acid groups (broad SMARTS) is 1. The van der Waals surface area contributed by atoms with Crippen LogP contribution in [0.2, 0.25) is 0 Å². The Morgan fingerprint density at radius 1 is 1.10 bits per heavy atom. The third-order valence-corrected chi connectivity index (χ3v) is 3.92. The van der Waals surface area contributed by atoms with Crippen LogP contribution in [0.15, 0.2) is 48.5 Å². The second-order valence-corrected chi connectivity index (χ2v) is 5.10. The Bertz CT molecular complexity index is 622. The maximum atomic E-state index is 11.4. The molecule has 0 fully saturated rings. The van der Waals surface area contributed by atoms with Crippen LogP contribution in [0.5, 0.6) is 0 Å². The van der Waals surface area contributed by atoms with Gasteiger partial charge in [0.05, 0.1) is 5.56 Å². The van der Waals surface area contributed by atoms with Crippen LogP contribution in [0.4, 0.5) is 0 Å². The van der Waals surface area contributed by atoms with Crippen molar-refractivity contribution >= 4 is 5.97 Å². The summed E-state index contributed by atoms with van der Waals surface area (Å²) in [6.45, 7) is 1.67. The number of rotatable bonds is 2. The molecule has 0 aliphatic carbocycles. The number of carboxylic acids is 1. The molecule has 3 rings (SSSR count). The number of hydrogen-bond donors (Lipinski definition) is 2. The summed E-state index contributed by atoms with van der Waals surface area (Å²) in [6, 6.07) is 15.9. The average molecular weight is 267 g/mol. The molecule has 1 aliphatic rings. The minimum atomic E-state index is -0.837. The molecule has 1 unspecified atom stereocenters. The molecule has 3 nitrogen and oxygen atoms in total. The van der Waals surface area contributed by atoms with E-state index in [1.807, 2.05) is 24.3 Å². The van der Waals surface area contributed by atoms with E-state index in [-0.39, 0.29) is 5.92 Å². The third-order valence-electron chi connectivity index (χ3n) is 3.92. The van der Waals surface area contributed by atoms with Crippen LogP contribution in [0.25, 0.3) is 0 Å². The molecule has 1 heterocycles. The molecular weight excluding hydrogens is 250 g/mol. The zero-order valence-electron chi connectivity index (χ0n) is 11.2. The first-order chi connectivity index (χ1) is 9.77. The summed E-state index contributed by atoms with van der Waals surface area (Å²) < 4.78 is 0. The van der Waals surface area contributed by atoms with Gasteiger partial charge in [-0.1, -0.05) is 42.5 Å². The summed E-state index contributed by atoms with van der Waals surface area (Å²) in [4.78, 5) is 11.4. The van der Waals surface area contributed by atoms with Crippen molar-refractivity contribution in [3.63, 3.8) is 0 Å². The molecule has 102 valence electrons.